The normalized spacial score (nSPS) is 10.5. The minimum Gasteiger partial charge on any atom is -0.478 e. The molecule has 0 fully saturated rings. The summed E-state index contributed by atoms with van der Waals surface area (Å²) in [5.74, 6) is 0.649. The van der Waals surface area contributed by atoms with Gasteiger partial charge < -0.3 is 9.84 Å². The molecule has 0 aliphatic carbocycles. The molecule has 0 aliphatic rings. The second-order valence-corrected chi connectivity index (χ2v) is 4.27. The number of pyridine rings is 1. The highest BCUT2D eigenvalue weighted by Crippen LogP contribution is 2.14. The molecule has 0 unspecified atom stereocenters. The number of hydrogen-bond acceptors (Lipinski definition) is 3. The Morgan fingerprint density at radius 2 is 2.00 bits per heavy atom. The van der Waals surface area contributed by atoms with E-state index in [4.69, 9.17) is 4.74 Å². The summed E-state index contributed by atoms with van der Waals surface area (Å²) in [6.07, 6.45) is 5.41. The van der Waals surface area contributed by atoms with Crippen LogP contribution in [0.25, 0.3) is 0 Å². The van der Waals surface area contributed by atoms with Crippen molar-refractivity contribution in [2.24, 2.45) is 0 Å². The number of hydrogen-bond donors (Lipinski definition) is 1. The molecular weight excluding hydrogens is 214 g/mol. The zero-order valence-corrected chi connectivity index (χ0v) is 10.9. The van der Waals surface area contributed by atoms with E-state index in [0.29, 0.717) is 12.5 Å². The van der Waals surface area contributed by atoms with E-state index in [1.165, 1.54) is 12.8 Å². The van der Waals surface area contributed by atoms with Gasteiger partial charge in [0.15, 0.2) is 0 Å². The number of aliphatic hydroxyl groups is 1. The summed E-state index contributed by atoms with van der Waals surface area (Å²) in [4.78, 5) is 4.44. The van der Waals surface area contributed by atoms with E-state index in [2.05, 4.69) is 18.8 Å². The summed E-state index contributed by atoms with van der Waals surface area (Å²) in [7, 11) is 0. The molecule has 3 nitrogen and oxygen atoms in total. The van der Waals surface area contributed by atoms with Crippen LogP contribution >= 0.6 is 0 Å². The highest BCUT2D eigenvalue weighted by Gasteiger charge is 2.03. The first-order chi connectivity index (χ1) is 8.30. The summed E-state index contributed by atoms with van der Waals surface area (Å²) in [5, 5.41) is 9.18. The van der Waals surface area contributed by atoms with Crippen LogP contribution < -0.4 is 4.74 Å². The maximum Gasteiger partial charge on any atom is 0.213 e. The smallest absolute Gasteiger partial charge is 0.213 e. The van der Waals surface area contributed by atoms with E-state index < -0.39 is 0 Å². The lowest BCUT2D eigenvalue weighted by Crippen LogP contribution is -2.02. The zero-order valence-electron chi connectivity index (χ0n) is 10.9. The van der Waals surface area contributed by atoms with Crippen molar-refractivity contribution in [2.45, 2.75) is 52.6 Å². The largest absolute Gasteiger partial charge is 0.478 e. The van der Waals surface area contributed by atoms with Gasteiger partial charge in [-0.05, 0) is 24.5 Å². The van der Waals surface area contributed by atoms with Gasteiger partial charge in [0.1, 0.15) is 0 Å². The molecule has 1 heterocycles. The predicted octanol–water partition coefficient (Wildman–Crippen LogP) is 3.10. The summed E-state index contributed by atoms with van der Waals surface area (Å²) in [6, 6.07) is 3.77. The summed E-state index contributed by atoms with van der Waals surface area (Å²) < 4.78 is 5.62. The average Bonchev–Trinajstić information content (AvgIpc) is 2.35. The molecule has 0 spiro atoms. The van der Waals surface area contributed by atoms with Crippen molar-refractivity contribution in [3.05, 3.63) is 23.4 Å². The number of aromatic nitrogens is 1. The molecule has 1 rings (SSSR count). The first kappa shape index (κ1) is 14.0. The van der Waals surface area contributed by atoms with Gasteiger partial charge in [-0.15, -0.1) is 0 Å². The SMILES string of the molecule is CCCCCOc1cc(CO)cc(CCC)n1. The second kappa shape index (κ2) is 8.07. The molecule has 0 amide bonds. The molecule has 0 saturated heterocycles. The molecule has 17 heavy (non-hydrogen) atoms. The minimum atomic E-state index is 0.0462. The molecule has 0 aliphatic heterocycles. The fourth-order valence-electron chi connectivity index (χ4n) is 1.70. The summed E-state index contributed by atoms with van der Waals surface area (Å²) >= 11 is 0. The lowest BCUT2D eigenvalue weighted by atomic mass is 10.2. The van der Waals surface area contributed by atoms with Gasteiger partial charge in [0.2, 0.25) is 5.88 Å². The third-order valence-corrected chi connectivity index (χ3v) is 2.60. The van der Waals surface area contributed by atoms with Crippen LogP contribution in [0.5, 0.6) is 5.88 Å². The molecule has 0 saturated carbocycles. The standard InChI is InChI=1S/C14H23NO2/c1-3-5-6-8-17-14-10-12(11-16)9-13(15-14)7-4-2/h9-10,16H,3-8,11H2,1-2H3. The van der Waals surface area contributed by atoms with Crippen molar-refractivity contribution >= 4 is 0 Å². The van der Waals surface area contributed by atoms with Gasteiger partial charge in [0.05, 0.1) is 13.2 Å². The van der Waals surface area contributed by atoms with Gasteiger partial charge in [-0.3, -0.25) is 0 Å². The van der Waals surface area contributed by atoms with Crippen LogP contribution in [0.1, 0.15) is 50.8 Å². The van der Waals surface area contributed by atoms with Crippen molar-refractivity contribution in [3.8, 4) is 5.88 Å². The Kier molecular flexibility index (Phi) is 6.63. The number of aliphatic hydroxyl groups excluding tert-OH is 1. The fraction of sp³-hybridized carbons (Fsp3) is 0.643. The summed E-state index contributed by atoms with van der Waals surface area (Å²) in [6.45, 7) is 5.05. The second-order valence-electron chi connectivity index (χ2n) is 4.27. The third-order valence-electron chi connectivity index (χ3n) is 2.60. The van der Waals surface area contributed by atoms with Crippen LogP contribution in [0.4, 0.5) is 0 Å². The molecule has 96 valence electrons. The van der Waals surface area contributed by atoms with E-state index in [-0.39, 0.29) is 6.61 Å². The maximum absolute atomic E-state index is 9.18. The van der Waals surface area contributed by atoms with E-state index in [1.807, 2.05) is 12.1 Å². The Bertz CT molecular complexity index is 326. The van der Waals surface area contributed by atoms with Gasteiger partial charge in [-0.1, -0.05) is 33.1 Å². The third kappa shape index (κ3) is 5.18. The van der Waals surface area contributed by atoms with Gasteiger partial charge in [-0.25, -0.2) is 4.98 Å². The van der Waals surface area contributed by atoms with Crippen LogP contribution in [-0.4, -0.2) is 16.7 Å². The monoisotopic (exact) mass is 237 g/mol. The van der Waals surface area contributed by atoms with E-state index in [1.54, 1.807) is 0 Å². The summed E-state index contributed by atoms with van der Waals surface area (Å²) in [5.41, 5.74) is 1.89. The van der Waals surface area contributed by atoms with Crippen LogP contribution in [-0.2, 0) is 13.0 Å². The molecule has 0 radical (unpaired) electrons. The van der Waals surface area contributed by atoms with Gasteiger partial charge in [-0.2, -0.15) is 0 Å². The molecule has 1 aromatic heterocycles. The lowest BCUT2D eigenvalue weighted by molar-refractivity contribution is 0.275. The van der Waals surface area contributed by atoms with E-state index >= 15 is 0 Å². The van der Waals surface area contributed by atoms with Crippen molar-refractivity contribution < 1.29 is 9.84 Å². The van der Waals surface area contributed by atoms with E-state index in [9.17, 15) is 5.11 Å². The molecular formula is C14H23NO2. The minimum absolute atomic E-state index is 0.0462. The molecule has 1 aromatic rings. The van der Waals surface area contributed by atoms with Gasteiger partial charge >= 0.3 is 0 Å². The highest BCUT2D eigenvalue weighted by atomic mass is 16.5. The van der Waals surface area contributed by atoms with Crippen LogP contribution in [0.2, 0.25) is 0 Å². The van der Waals surface area contributed by atoms with Gasteiger partial charge in [0.25, 0.3) is 0 Å². The lowest BCUT2D eigenvalue weighted by Gasteiger charge is -2.08. The van der Waals surface area contributed by atoms with Crippen LogP contribution in [0, 0.1) is 0 Å². The number of nitrogens with zero attached hydrogens (tertiary/aromatic N) is 1. The van der Waals surface area contributed by atoms with Crippen LogP contribution in [0.3, 0.4) is 0 Å². The Balaban J connectivity index is 2.59. The van der Waals surface area contributed by atoms with Crippen molar-refractivity contribution in [3.63, 3.8) is 0 Å². The Labute approximate surface area is 104 Å². The highest BCUT2D eigenvalue weighted by molar-refractivity contribution is 5.24. The van der Waals surface area contributed by atoms with Gasteiger partial charge in [0, 0.05) is 11.8 Å². The Hall–Kier alpha value is -1.09. The van der Waals surface area contributed by atoms with E-state index in [0.717, 1.165) is 30.5 Å². The number of aryl methyl sites for hydroxylation is 1. The number of unbranched alkanes of at least 4 members (excludes halogenated alkanes) is 2. The molecule has 0 bridgehead atoms. The topological polar surface area (TPSA) is 42.4 Å². The molecule has 3 heteroatoms. The predicted molar refractivity (Wildman–Crippen MR) is 69.2 cm³/mol. The van der Waals surface area contributed by atoms with Crippen LogP contribution in [0.15, 0.2) is 12.1 Å². The van der Waals surface area contributed by atoms with Crippen molar-refractivity contribution in [1.82, 2.24) is 4.98 Å². The first-order valence-electron chi connectivity index (χ1n) is 6.53. The number of rotatable bonds is 8. The van der Waals surface area contributed by atoms with Crippen molar-refractivity contribution in [2.75, 3.05) is 6.61 Å². The number of ether oxygens (including phenoxy) is 1. The Morgan fingerprint density at radius 1 is 1.18 bits per heavy atom. The Morgan fingerprint density at radius 3 is 2.65 bits per heavy atom. The van der Waals surface area contributed by atoms with Crippen molar-refractivity contribution in [1.29, 1.82) is 0 Å². The maximum atomic E-state index is 9.18. The zero-order chi connectivity index (χ0) is 12.5. The fourth-order valence-corrected chi connectivity index (χ4v) is 1.70. The quantitative estimate of drug-likeness (QED) is 0.706. The molecule has 1 N–H and O–H groups in total. The first-order valence-corrected chi connectivity index (χ1v) is 6.53. The molecule has 0 aromatic carbocycles. The molecule has 0 atom stereocenters. The average molecular weight is 237 g/mol.